The van der Waals surface area contributed by atoms with Crippen molar-refractivity contribution in [2.24, 2.45) is 0 Å². The topological polar surface area (TPSA) is 101 Å². The number of imide groups is 1. The first-order chi connectivity index (χ1) is 12.2. The van der Waals surface area contributed by atoms with E-state index in [1.165, 1.54) is 24.3 Å². The molecule has 0 spiro atoms. The minimum atomic E-state index is -3.15. The molecular formula is C16H15FN2O5S2. The molecule has 0 radical (unpaired) electrons. The molecule has 3 rings (SSSR count). The minimum absolute atomic E-state index is 0.00486. The maximum absolute atomic E-state index is 13.7. The van der Waals surface area contributed by atoms with Crippen LogP contribution in [-0.2, 0) is 19.4 Å². The van der Waals surface area contributed by atoms with Crippen molar-refractivity contribution >= 4 is 44.7 Å². The smallest absolute Gasteiger partial charge is 0.294 e. The molecule has 26 heavy (non-hydrogen) atoms. The van der Waals surface area contributed by atoms with Gasteiger partial charge >= 0.3 is 0 Å². The highest BCUT2D eigenvalue weighted by Crippen LogP contribution is 2.32. The average molecular weight is 398 g/mol. The van der Waals surface area contributed by atoms with Crippen LogP contribution in [0.5, 0.6) is 0 Å². The van der Waals surface area contributed by atoms with Gasteiger partial charge in [0, 0.05) is 11.6 Å². The molecule has 2 saturated heterocycles. The predicted molar refractivity (Wildman–Crippen MR) is 94.3 cm³/mol. The fourth-order valence-electron chi connectivity index (χ4n) is 2.70. The maximum atomic E-state index is 13.7. The highest BCUT2D eigenvalue weighted by atomic mass is 32.2. The van der Waals surface area contributed by atoms with Crippen molar-refractivity contribution < 1.29 is 27.2 Å². The predicted octanol–water partition coefficient (Wildman–Crippen LogP) is 1.17. The summed E-state index contributed by atoms with van der Waals surface area (Å²) in [5.74, 6) is -1.96. The summed E-state index contributed by atoms with van der Waals surface area (Å²) in [7, 11) is -3.15. The summed E-state index contributed by atoms with van der Waals surface area (Å²) in [6.07, 6.45) is 1.57. The van der Waals surface area contributed by atoms with Gasteiger partial charge in [-0.15, -0.1) is 0 Å². The SMILES string of the molecule is O=C(CN1C(=O)S/C(=C\c2ccccc2F)C1=O)N[C@@H]1CCS(=O)(=O)C1. The molecule has 0 aromatic heterocycles. The molecule has 7 nitrogen and oxygen atoms in total. The number of nitrogens with zero attached hydrogens (tertiary/aromatic N) is 1. The summed E-state index contributed by atoms with van der Waals surface area (Å²) in [6, 6.07) is 5.30. The zero-order valence-electron chi connectivity index (χ0n) is 13.5. The van der Waals surface area contributed by atoms with Crippen LogP contribution in [0.3, 0.4) is 0 Å². The third-order valence-corrected chi connectivity index (χ3v) is 6.64. The Morgan fingerprint density at radius 1 is 1.35 bits per heavy atom. The van der Waals surface area contributed by atoms with Crippen LogP contribution in [0.1, 0.15) is 12.0 Å². The summed E-state index contributed by atoms with van der Waals surface area (Å²) < 4.78 is 36.5. The molecule has 0 saturated carbocycles. The highest BCUT2D eigenvalue weighted by Gasteiger charge is 2.37. The number of benzene rings is 1. The van der Waals surface area contributed by atoms with Crippen LogP contribution in [0.15, 0.2) is 29.2 Å². The molecule has 1 N–H and O–H groups in total. The fourth-order valence-corrected chi connectivity index (χ4v) is 5.20. The molecule has 1 aromatic carbocycles. The van der Waals surface area contributed by atoms with Gasteiger partial charge in [0.15, 0.2) is 9.84 Å². The number of nitrogens with one attached hydrogen (secondary N) is 1. The summed E-state index contributed by atoms with van der Waals surface area (Å²) in [5, 5.41) is 1.89. The van der Waals surface area contributed by atoms with Crippen molar-refractivity contribution in [3.8, 4) is 0 Å². The van der Waals surface area contributed by atoms with Gasteiger partial charge in [-0.25, -0.2) is 12.8 Å². The van der Waals surface area contributed by atoms with Crippen LogP contribution in [0.2, 0.25) is 0 Å². The molecule has 2 aliphatic heterocycles. The lowest BCUT2D eigenvalue weighted by Gasteiger charge is -2.15. The molecule has 2 heterocycles. The van der Waals surface area contributed by atoms with Crippen molar-refractivity contribution in [1.82, 2.24) is 10.2 Å². The van der Waals surface area contributed by atoms with Gasteiger partial charge in [-0.3, -0.25) is 19.3 Å². The van der Waals surface area contributed by atoms with Crippen LogP contribution in [-0.4, -0.2) is 54.5 Å². The largest absolute Gasteiger partial charge is 0.351 e. The van der Waals surface area contributed by atoms with E-state index in [0.717, 1.165) is 4.90 Å². The molecule has 0 bridgehead atoms. The molecule has 1 atom stereocenters. The van der Waals surface area contributed by atoms with Gasteiger partial charge in [0.25, 0.3) is 11.1 Å². The van der Waals surface area contributed by atoms with Gasteiger partial charge < -0.3 is 5.32 Å². The lowest BCUT2D eigenvalue weighted by molar-refractivity contribution is -0.129. The zero-order chi connectivity index (χ0) is 18.9. The number of hydrogen-bond donors (Lipinski definition) is 1. The van der Waals surface area contributed by atoms with Gasteiger partial charge in [-0.2, -0.15) is 0 Å². The quantitative estimate of drug-likeness (QED) is 0.764. The van der Waals surface area contributed by atoms with Gasteiger partial charge in [0.1, 0.15) is 12.4 Å². The van der Waals surface area contributed by atoms with Gasteiger partial charge in [-0.05, 0) is 30.3 Å². The van der Waals surface area contributed by atoms with E-state index in [1.807, 2.05) is 0 Å². The number of carbonyl (C=O) groups is 3. The Labute approximate surface area is 153 Å². The summed E-state index contributed by atoms with van der Waals surface area (Å²) in [4.78, 5) is 37.1. The van der Waals surface area contributed by atoms with Crippen molar-refractivity contribution in [2.75, 3.05) is 18.1 Å². The Kier molecular flexibility index (Phi) is 5.15. The Hall–Kier alpha value is -2.20. The molecule has 0 aliphatic carbocycles. The lowest BCUT2D eigenvalue weighted by Crippen LogP contribution is -2.43. The van der Waals surface area contributed by atoms with E-state index >= 15 is 0 Å². The number of rotatable bonds is 4. The molecule has 0 unspecified atom stereocenters. The van der Waals surface area contributed by atoms with Crippen molar-refractivity contribution in [3.05, 3.63) is 40.6 Å². The van der Waals surface area contributed by atoms with Crippen LogP contribution < -0.4 is 5.32 Å². The number of hydrogen-bond acceptors (Lipinski definition) is 6. The number of halogens is 1. The van der Waals surface area contributed by atoms with Crippen LogP contribution in [0, 0.1) is 5.82 Å². The van der Waals surface area contributed by atoms with Crippen LogP contribution in [0.25, 0.3) is 6.08 Å². The fraction of sp³-hybridized carbons (Fsp3) is 0.312. The zero-order valence-corrected chi connectivity index (χ0v) is 15.1. The lowest BCUT2D eigenvalue weighted by atomic mass is 10.2. The second-order valence-electron chi connectivity index (χ2n) is 5.96. The molecule has 3 amide bonds. The Morgan fingerprint density at radius 2 is 2.08 bits per heavy atom. The van der Waals surface area contributed by atoms with E-state index < -0.39 is 45.3 Å². The molecule has 1 aromatic rings. The average Bonchev–Trinajstić information content (AvgIpc) is 3.03. The van der Waals surface area contributed by atoms with E-state index in [-0.39, 0.29) is 22.0 Å². The maximum Gasteiger partial charge on any atom is 0.294 e. The Bertz CT molecular complexity index is 913. The molecule has 10 heteroatoms. The summed E-state index contributed by atoms with van der Waals surface area (Å²) >= 11 is 0.626. The van der Waals surface area contributed by atoms with Crippen molar-refractivity contribution in [1.29, 1.82) is 0 Å². The molecule has 138 valence electrons. The Balaban J connectivity index is 1.66. The van der Waals surface area contributed by atoms with Crippen LogP contribution >= 0.6 is 11.8 Å². The van der Waals surface area contributed by atoms with Gasteiger partial charge in [-0.1, -0.05) is 18.2 Å². The molecule has 2 fully saturated rings. The first-order valence-corrected chi connectivity index (χ1v) is 10.4. The standard InChI is InChI=1S/C16H15FN2O5S2/c17-12-4-2-1-3-10(12)7-13-15(21)19(16(22)25-13)8-14(20)18-11-5-6-26(23,24)9-11/h1-4,7,11H,5-6,8-9H2,(H,18,20)/b13-7-/t11-/m1/s1. The second kappa shape index (κ2) is 7.20. The minimum Gasteiger partial charge on any atom is -0.351 e. The first-order valence-electron chi connectivity index (χ1n) is 7.75. The summed E-state index contributed by atoms with van der Waals surface area (Å²) in [5.41, 5.74) is 0.165. The van der Waals surface area contributed by atoms with E-state index in [4.69, 9.17) is 0 Å². The first kappa shape index (κ1) is 18.6. The molecule has 2 aliphatic rings. The van der Waals surface area contributed by atoms with Gasteiger partial charge in [0.05, 0.1) is 16.4 Å². The normalized spacial score (nSPS) is 23.7. The third kappa shape index (κ3) is 4.13. The number of thioether (sulfide) groups is 1. The van der Waals surface area contributed by atoms with E-state index in [9.17, 15) is 27.2 Å². The number of carbonyl (C=O) groups excluding carboxylic acids is 3. The van der Waals surface area contributed by atoms with E-state index in [0.29, 0.717) is 18.2 Å². The second-order valence-corrected chi connectivity index (χ2v) is 9.18. The molecular weight excluding hydrogens is 383 g/mol. The van der Waals surface area contributed by atoms with Crippen molar-refractivity contribution in [3.63, 3.8) is 0 Å². The highest BCUT2D eigenvalue weighted by molar-refractivity contribution is 8.18. The number of amides is 3. The Morgan fingerprint density at radius 3 is 2.73 bits per heavy atom. The third-order valence-electron chi connectivity index (χ3n) is 3.96. The number of sulfone groups is 1. The van der Waals surface area contributed by atoms with Crippen LogP contribution in [0.4, 0.5) is 9.18 Å². The summed E-state index contributed by atoms with van der Waals surface area (Å²) in [6.45, 7) is -0.504. The van der Waals surface area contributed by atoms with E-state index in [2.05, 4.69) is 5.32 Å². The van der Waals surface area contributed by atoms with Gasteiger partial charge in [0.2, 0.25) is 5.91 Å². The van der Waals surface area contributed by atoms with Crippen molar-refractivity contribution in [2.45, 2.75) is 12.5 Å². The monoisotopic (exact) mass is 398 g/mol. The van der Waals surface area contributed by atoms with E-state index in [1.54, 1.807) is 6.07 Å².